The Morgan fingerprint density at radius 2 is 2.08 bits per heavy atom. The zero-order valence-corrected chi connectivity index (χ0v) is 6.82. The third kappa shape index (κ3) is 1.96. The minimum Gasteiger partial charge on any atom is -0.481 e. The van der Waals surface area contributed by atoms with Gasteiger partial charge in [0.1, 0.15) is 0 Å². The Hall–Kier alpha value is -1.06. The molecule has 68 valence electrons. The first-order valence-electron chi connectivity index (χ1n) is 4.12. The summed E-state index contributed by atoms with van der Waals surface area (Å²) in [5.41, 5.74) is 5.13. The van der Waals surface area contributed by atoms with Crippen molar-refractivity contribution >= 4 is 11.9 Å². The Labute approximate surface area is 70.7 Å². The highest BCUT2D eigenvalue weighted by Crippen LogP contribution is 2.33. The van der Waals surface area contributed by atoms with Crippen molar-refractivity contribution in [3.05, 3.63) is 0 Å². The van der Waals surface area contributed by atoms with Crippen LogP contribution in [0, 0.1) is 11.8 Å². The first-order chi connectivity index (χ1) is 5.61. The van der Waals surface area contributed by atoms with Crippen molar-refractivity contribution in [2.24, 2.45) is 17.6 Å². The van der Waals surface area contributed by atoms with E-state index < -0.39 is 5.97 Å². The lowest BCUT2D eigenvalue weighted by Gasteiger charge is -2.13. The molecule has 1 rings (SSSR count). The van der Waals surface area contributed by atoms with Gasteiger partial charge in [0, 0.05) is 12.3 Å². The molecule has 4 nitrogen and oxygen atoms in total. The van der Waals surface area contributed by atoms with Crippen LogP contribution >= 0.6 is 0 Å². The highest BCUT2D eigenvalue weighted by atomic mass is 16.4. The van der Waals surface area contributed by atoms with Crippen molar-refractivity contribution in [1.82, 2.24) is 0 Å². The van der Waals surface area contributed by atoms with Gasteiger partial charge in [-0.15, -0.1) is 0 Å². The SMILES string of the molecule is NC(=O)[C@H]1CCC[C@H]1CC(=O)O. The van der Waals surface area contributed by atoms with E-state index in [4.69, 9.17) is 10.8 Å². The maximum absolute atomic E-state index is 10.8. The maximum Gasteiger partial charge on any atom is 0.303 e. The van der Waals surface area contributed by atoms with Crippen LogP contribution in [-0.4, -0.2) is 17.0 Å². The van der Waals surface area contributed by atoms with E-state index in [1.54, 1.807) is 0 Å². The molecule has 0 aromatic heterocycles. The number of carbonyl (C=O) groups is 2. The second-order valence-corrected chi connectivity index (χ2v) is 3.30. The Morgan fingerprint density at radius 3 is 2.58 bits per heavy atom. The van der Waals surface area contributed by atoms with Crippen molar-refractivity contribution in [3.8, 4) is 0 Å². The van der Waals surface area contributed by atoms with Gasteiger partial charge in [0.15, 0.2) is 0 Å². The van der Waals surface area contributed by atoms with E-state index in [2.05, 4.69) is 0 Å². The van der Waals surface area contributed by atoms with Crippen molar-refractivity contribution in [3.63, 3.8) is 0 Å². The lowest BCUT2D eigenvalue weighted by molar-refractivity contribution is -0.138. The number of hydrogen-bond donors (Lipinski definition) is 2. The molecule has 0 heterocycles. The standard InChI is InChI=1S/C8H13NO3/c9-8(12)6-3-1-2-5(6)4-7(10)11/h5-6H,1-4H2,(H2,9,12)(H,10,11)/t5-,6-/m0/s1. The van der Waals surface area contributed by atoms with Gasteiger partial charge in [-0.3, -0.25) is 9.59 Å². The van der Waals surface area contributed by atoms with Crippen LogP contribution in [0.15, 0.2) is 0 Å². The average Bonchev–Trinajstić information content (AvgIpc) is 2.33. The first-order valence-corrected chi connectivity index (χ1v) is 4.12. The van der Waals surface area contributed by atoms with Gasteiger partial charge in [0.05, 0.1) is 0 Å². The number of aliphatic carboxylic acids is 1. The average molecular weight is 171 g/mol. The summed E-state index contributed by atoms with van der Waals surface area (Å²) in [5, 5.41) is 8.52. The molecular weight excluding hydrogens is 158 g/mol. The normalized spacial score (nSPS) is 28.7. The molecule has 4 heteroatoms. The van der Waals surface area contributed by atoms with Gasteiger partial charge in [0.25, 0.3) is 0 Å². The number of carboxylic acid groups (broad SMARTS) is 1. The van der Waals surface area contributed by atoms with Crippen LogP contribution in [-0.2, 0) is 9.59 Å². The summed E-state index contributed by atoms with van der Waals surface area (Å²) in [4.78, 5) is 21.2. The van der Waals surface area contributed by atoms with Gasteiger partial charge in [-0.25, -0.2) is 0 Å². The molecule has 0 bridgehead atoms. The fourth-order valence-corrected chi connectivity index (χ4v) is 1.88. The molecule has 0 aromatic carbocycles. The van der Waals surface area contributed by atoms with Crippen LogP contribution in [0.4, 0.5) is 0 Å². The van der Waals surface area contributed by atoms with Crippen molar-refractivity contribution < 1.29 is 14.7 Å². The van der Waals surface area contributed by atoms with Crippen molar-refractivity contribution in [2.75, 3.05) is 0 Å². The van der Waals surface area contributed by atoms with Gasteiger partial charge in [-0.2, -0.15) is 0 Å². The molecule has 1 fully saturated rings. The Kier molecular flexibility index (Phi) is 2.68. The van der Waals surface area contributed by atoms with Crippen LogP contribution in [0.2, 0.25) is 0 Å². The lowest BCUT2D eigenvalue weighted by atomic mass is 9.92. The second-order valence-electron chi connectivity index (χ2n) is 3.30. The molecule has 1 amide bonds. The maximum atomic E-state index is 10.8. The predicted molar refractivity (Wildman–Crippen MR) is 42.3 cm³/mol. The largest absolute Gasteiger partial charge is 0.481 e. The number of carboxylic acids is 1. The van der Waals surface area contributed by atoms with Crippen LogP contribution < -0.4 is 5.73 Å². The molecule has 0 aromatic rings. The Balaban J connectivity index is 2.52. The fourth-order valence-electron chi connectivity index (χ4n) is 1.88. The molecule has 3 N–H and O–H groups in total. The molecule has 0 unspecified atom stereocenters. The topological polar surface area (TPSA) is 80.4 Å². The molecule has 0 radical (unpaired) electrons. The third-order valence-electron chi connectivity index (χ3n) is 2.46. The first kappa shape index (κ1) is 9.03. The van der Waals surface area contributed by atoms with Gasteiger partial charge in [-0.05, 0) is 18.8 Å². The van der Waals surface area contributed by atoms with E-state index in [1.807, 2.05) is 0 Å². The van der Waals surface area contributed by atoms with Crippen LogP contribution in [0.25, 0.3) is 0 Å². The number of amides is 1. The summed E-state index contributed by atoms with van der Waals surface area (Å²) in [5.74, 6) is -1.42. The van der Waals surface area contributed by atoms with E-state index in [0.717, 1.165) is 19.3 Å². The quantitative estimate of drug-likeness (QED) is 0.643. The smallest absolute Gasteiger partial charge is 0.303 e. The highest BCUT2D eigenvalue weighted by molar-refractivity contribution is 5.78. The number of rotatable bonds is 3. The van der Waals surface area contributed by atoms with E-state index in [0.29, 0.717) is 0 Å². The summed E-state index contributed by atoms with van der Waals surface area (Å²) in [7, 11) is 0. The number of hydrogen-bond acceptors (Lipinski definition) is 2. The van der Waals surface area contributed by atoms with E-state index in [-0.39, 0.29) is 24.2 Å². The number of carbonyl (C=O) groups excluding carboxylic acids is 1. The van der Waals surface area contributed by atoms with Gasteiger partial charge in [0.2, 0.25) is 5.91 Å². The Morgan fingerprint density at radius 1 is 1.42 bits per heavy atom. The minimum absolute atomic E-state index is 0.0278. The second kappa shape index (κ2) is 3.56. The molecule has 0 spiro atoms. The predicted octanol–water partition coefficient (Wildman–Crippen LogP) is 0.363. The molecule has 12 heavy (non-hydrogen) atoms. The summed E-state index contributed by atoms with van der Waals surface area (Å²) in [6, 6.07) is 0. The summed E-state index contributed by atoms with van der Waals surface area (Å²) < 4.78 is 0. The fraction of sp³-hybridized carbons (Fsp3) is 0.750. The zero-order chi connectivity index (χ0) is 9.14. The molecule has 0 aliphatic heterocycles. The van der Waals surface area contributed by atoms with Crippen LogP contribution in [0.3, 0.4) is 0 Å². The monoisotopic (exact) mass is 171 g/mol. The van der Waals surface area contributed by atoms with Gasteiger partial charge in [-0.1, -0.05) is 6.42 Å². The zero-order valence-electron chi connectivity index (χ0n) is 6.82. The number of primary amides is 1. The molecule has 1 aliphatic rings. The van der Waals surface area contributed by atoms with Crippen molar-refractivity contribution in [1.29, 1.82) is 0 Å². The summed E-state index contributed by atoms with van der Waals surface area (Å²) in [6.07, 6.45) is 2.58. The van der Waals surface area contributed by atoms with Gasteiger partial charge < -0.3 is 10.8 Å². The molecule has 0 saturated heterocycles. The minimum atomic E-state index is -0.840. The van der Waals surface area contributed by atoms with E-state index >= 15 is 0 Å². The summed E-state index contributed by atoms with van der Waals surface area (Å²) in [6.45, 7) is 0. The van der Waals surface area contributed by atoms with E-state index in [9.17, 15) is 9.59 Å². The lowest BCUT2D eigenvalue weighted by Crippen LogP contribution is -2.27. The molecular formula is C8H13NO3. The third-order valence-corrected chi connectivity index (χ3v) is 2.46. The highest BCUT2D eigenvalue weighted by Gasteiger charge is 2.32. The Bertz CT molecular complexity index is 202. The molecule has 2 atom stereocenters. The molecule has 1 aliphatic carbocycles. The molecule has 1 saturated carbocycles. The summed E-state index contributed by atoms with van der Waals surface area (Å²) >= 11 is 0. The van der Waals surface area contributed by atoms with Crippen LogP contribution in [0.5, 0.6) is 0 Å². The van der Waals surface area contributed by atoms with Gasteiger partial charge >= 0.3 is 5.97 Å². The van der Waals surface area contributed by atoms with Crippen LogP contribution in [0.1, 0.15) is 25.7 Å². The van der Waals surface area contributed by atoms with E-state index in [1.165, 1.54) is 0 Å². The number of nitrogens with two attached hydrogens (primary N) is 1. The van der Waals surface area contributed by atoms with Crippen molar-refractivity contribution in [2.45, 2.75) is 25.7 Å².